The first-order valence-electron chi connectivity index (χ1n) is 4.79. The lowest BCUT2D eigenvalue weighted by molar-refractivity contribution is 0.625. The van der Waals surface area contributed by atoms with Crippen LogP contribution in [-0.4, -0.2) is 5.33 Å². The fraction of sp³-hybridized carbons (Fsp3) is 0.900. The van der Waals surface area contributed by atoms with Gasteiger partial charge in [0.05, 0.1) is 0 Å². The summed E-state index contributed by atoms with van der Waals surface area (Å²) in [5, 5.41) is 1.13. The van der Waals surface area contributed by atoms with Crippen LogP contribution >= 0.6 is 15.9 Å². The van der Waals surface area contributed by atoms with Crippen molar-refractivity contribution in [3.63, 3.8) is 0 Å². The van der Waals surface area contributed by atoms with Crippen LogP contribution in [0.2, 0.25) is 0 Å². The quantitative estimate of drug-likeness (QED) is 0.421. The van der Waals surface area contributed by atoms with Gasteiger partial charge in [0.15, 0.2) is 0 Å². The Bertz CT molecular complexity index is 53.9. The molecule has 0 N–H and O–H groups in total. The summed E-state index contributed by atoms with van der Waals surface area (Å²) in [6.45, 7) is 2.26. The van der Waals surface area contributed by atoms with Crippen molar-refractivity contribution >= 4 is 15.9 Å². The van der Waals surface area contributed by atoms with Crippen molar-refractivity contribution in [1.82, 2.24) is 0 Å². The molecule has 0 amide bonds. The molecule has 0 atom stereocenters. The third kappa shape index (κ3) is 10.5. The Labute approximate surface area is 79.9 Å². The number of alkyl halides is 1. The zero-order valence-corrected chi connectivity index (χ0v) is 9.20. The lowest BCUT2D eigenvalue weighted by atomic mass is 10.1. The number of hydrogen-bond acceptors (Lipinski definition) is 0. The van der Waals surface area contributed by atoms with Gasteiger partial charge in [0, 0.05) is 5.33 Å². The first-order chi connectivity index (χ1) is 5.41. The lowest BCUT2D eigenvalue weighted by Crippen LogP contribution is -1.81. The van der Waals surface area contributed by atoms with Gasteiger partial charge in [0.2, 0.25) is 0 Å². The maximum absolute atomic E-state index is 3.41. The Morgan fingerprint density at radius 1 is 1.00 bits per heavy atom. The van der Waals surface area contributed by atoms with E-state index in [1.807, 2.05) is 0 Å². The highest BCUT2D eigenvalue weighted by Gasteiger charge is 1.89. The van der Waals surface area contributed by atoms with E-state index in [2.05, 4.69) is 29.3 Å². The van der Waals surface area contributed by atoms with Crippen LogP contribution in [0.1, 0.15) is 51.9 Å². The number of halogens is 1. The summed E-state index contributed by atoms with van der Waals surface area (Å²) in [5.41, 5.74) is 0. The molecule has 67 valence electrons. The molecule has 0 fully saturated rings. The van der Waals surface area contributed by atoms with Gasteiger partial charge in [0.1, 0.15) is 0 Å². The summed E-state index contributed by atoms with van der Waals surface area (Å²) in [6, 6.07) is 0. The molecule has 0 saturated carbocycles. The van der Waals surface area contributed by atoms with Gasteiger partial charge in [-0.2, -0.15) is 0 Å². The summed E-state index contributed by atoms with van der Waals surface area (Å²) < 4.78 is 0. The summed E-state index contributed by atoms with van der Waals surface area (Å²) in [6.07, 6.45) is 12.0. The van der Waals surface area contributed by atoms with Crippen molar-refractivity contribution in [1.29, 1.82) is 0 Å². The SMILES string of the molecule is CCCCCCC[CH]CCBr. The van der Waals surface area contributed by atoms with Crippen LogP contribution < -0.4 is 0 Å². The van der Waals surface area contributed by atoms with Crippen LogP contribution in [0.25, 0.3) is 0 Å². The van der Waals surface area contributed by atoms with Gasteiger partial charge < -0.3 is 0 Å². The van der Waals surface area contributed by atoms with Crippen LogP contribution in [0.5, 0.6) is 0 Å². The molecule has 0 bridgehead atoms. The summed E-state index contributed by atoms with van der Waals surface area (Å²) in [7, 11) is 0. The third-order valence-electron chi connectivity index (χ3n) is 1.83. The monoisotopic (exact) mass is 219 g/mol. The number of hydrogen-bond donors (Lipinski definition) is 0. The third-order valence-corrected chi connectivity index (χ3v) is 2.28. The molecule has 0 rings (SSSR count). The van der Waals surface area contributed by atoms with Gasteiger partial charge >= 0.3 is 0 Å². The van der Waals surface area contributed by atoms with Gasteiger partial charge in [0.25, 0.3) is 0 Å². The Kier molecular flexibility index (Phi) is 10.9. The van der Waals surface area contributed by atoms with Gasteiger partial charge in [-0.15, -0.1) is 0 Å². The largest absolute Gasteiger partial charge is 0.0928 e. The molecule has 0 aliphatic rings. The predicted octanol–water partition coefficient (Wildman–Crippen LogP) is 4.34. The second-order valence-electron chi connectivity index (χ2n) is 2.97. The Hall–Kier alpha value is 0.480. The predicted molar refractivity (Wildman–Crippen MR) is 56.1 cm³/mol. The molecule has 0 aromatic heterocycles. The highest BCUT2D eigenvalue weighted by Crippen LogP contribution is 2.07. The fourth-order valence-corrected chi connectivity index (χ4v) is 1.44. The molecular weight excluding hydrogens is 200 g/mol. The Morgan fingerprint density at radius 3 is 2.36 bits per heavy atom. The highest BCUT2D eigenvalue weighted by molar-refractivity contribution is 9.09. The molecule has 0 spiro atoms. The first kappa shape index (κ1) is 11.5. The van der Waals surface area contributed by atoms with Crippen molar-refractivity contribution < 1.29 is 0 Å². The molecule has 0 aromatic rings. The van der Waals surface area contributed by atoms with E-state index in [4.69, 9.17) is 0 Å². The van der Waals surface area contributed by atoms with E-state index >= 15 is 0 Å². The van der Waals surface area contributed by atoms with E-state index in [1.165, 1.54) is 44.9 Å². The van der Waals surface area contributed by atoms with Crippen LogP contribution in [0.3, 0.4) is 0 Å². The number of unbranched alkanes of at least 4 members (excludes halogenated alkanes) is 7. The molecule has 0 aliphatic heterocycles. The molecule has 0 aliphatic carbocycles. The summed E-state index contributed by atoms with van der Waals surface area (Å²) >= 11 is 3.41. The van der Waals surface area contributed by atoms with E-state index < -0.39 is 0 Å². The van der Waals surface area contributed by atoms with E-state index in [0.29, 0.717) is 0 Å². The molecule has 1 heteroatoms. The van der Waals surface area contributed by atoms with Crippen LogP contribution in [0.15, 0.2) is 0 Å². The van der Waals surface area contributed by atoms with E-state index in [-0.39, 0.29) is 0 Å². The second-order valence-corrected chi connectivity index (χ2v) is 3.76. The smallest absolute Gasteiger partial charge is 0.00340 e. The lowest BCUT2D eigenvalue weighted by Gasteiger charge is -1.98. The normalized spacial score (nSPS) is 10.4. The Balaban J connectivity index is 2.69. The number of rotatable bonds is 8. The molecule has 0 heterocycles. The van der Waals surface area contributed by atoms with Crippen LogP contribution in [-0.2, 0) is 0 Å². The standard InChI is InChI=1S/C10H20Br/c1-2-3-4-5-6-7-8-9-10-11/h8H,2-7,9-10H2,1H3. The first-order valence-corrected chi connectivity index (χ1v) is 5.91. The molecule has 0 unspecified atom stereocenters. The average Bonchev–Trinajstić information content (AvgIpc) is 2.03. The minimum Gasteiger partial charge on any atom is -0.0928 e. The maximum Gasteiger partial charge on any atom is 0.00340 e. The maximum atomic E-state index is 3.41. The van der Waals surface area contributed by atoms with E-state index in [9.17, 15) is 0 Å². The van der Waals surface area contributed by atoms with Crippen LogP contribution in [0.4, 0.5) is 0 Å². The van der Waals surface area contributed by atoms with Crippen molar-refractivity contribution in [2.75, 3.05) is 5.33 Å². The summed E-state index contributed by atoms with van der Waals surface area (Å²) in [4.78, 5) is 0. The minimum absolute atomic E-state index is 1.13. The van der Waals surface area contributed by atoms with Gasteiger partial charge in [-0.1, -0.05) is 61.4 Å². The van der Waals surface area contributed by atoms with E-state index in [1.54, 1.807) is 0 Å². The molecule has 11 heavy (non-hydrogen) atoms. The molecular formula is C10H20Br. The van der Waals surface area contributed by atoms with Gasteiger partial charge in [-0.05, 0) is 12.8 Å². The molecule has 1 radical (unpaired) electrons. The zero-order valence-electron chi connectivity index (χ0n) is 7.61. The average molecular weight is 220 g/mol. The Morgan fingerprint density at radius 2 is 1.73 bits per heavy atom. The molecule has 0 nitrogen and oxygen atoms in total. The van der Waals surface area contributed by atoms with Crippen LogP contribution in [0, 0.1) is 6.42 Å². The van der Waals surface area contributed by atoms with Crippen molar-refractivity contribution in [3.05, 3.63) is 6.42 Å². The topological polar surface area (TPSA) is 0 Å². The molecule has 0 saturated heterocycles. The fourth-order valence-electron chi connectivity index (χ4n) is 1.11. The molecule has 0 aromatic carbocycles. The van der Waals surface area contributed by atoms with Gasteiger partial charge in [-0.3, -0.25) is 0 Å². The van der Waals surface area contributed by atoms with Gasteiger partial charge in [-0.25, -0.2) is 0 Å². The minimum atomic E-state index is 1.13. The van der Waals surface area contributed by atoms with Crippen molar-refractivity contribution in [2.45, 2.75) is 51.9 Å². The zero-order chi connectivity index (χ0) is 8.36. The van der Waals surface area contributed by atoms with E-state index in [0.717, 1.165) is 5.33 Å². The second kappa shape index (κ2) is 10.5. The summed E-state index contributed by atoms with van der Waals surface area (Å²) in [5.74, 6) is 0. The van der Waals surface area contributed by atoms with Crippen molar-refractivity contribution in [3.8, 4) is 0 Å². The highest BCUT2D eigenvalue weighted by atomic mass is 79.9. The van der Waals surface area contributed by atoms with Crippen molar-refractivity contribution in [2.24, 2.45) is 0 Å².